The largest absolute Gasteiger partial charge is 0.508 e. The lowest BCUT2D eigenvalue weighted by Crippen LogP contribution is -2.53. The first-order valence-electron chi connectivity index (χ1n) is 7.99. The van der Waals surface area contributed by atoms with Crippen LogP contribution >= 0.6 is 0 Å². The number of nitrogens with one attached hydrogen (secondary N) is 2. The number of carbonyl (C=O) groups is 3. The van der Waals surface area contributed by atoms with Crippen LogP contribution in [-0.2, 0) is 20.8 Å². The van der Waals surface area contributed by atoms with E-state index in [0.717, 1.165) is 12.0 Å². The van der Waals surface area contributed by atoms with Gasteiger partial charge in [-0.15, -0.1) is 0 Å². The van der Waals surface area contributed by atoms with Gasteiger partial charge in [-0.2, -0.15) is 0 Å². The minimum atomic E-state index is -0.739. The first kappa shape index (κ1) is 17.8. The molecule has 0 bridgehead atoms. The van der Waals surface area contributed by atoms with Crippen LogP contribution in [0.1, 0.15) is 25.3 Å². The van der Waals surface area contributed by atoms with Crippen molar-refractivity contribution < 1.29 is 19.5 Å². The van der Waals surface area contributed by atoms with Gasteiger partial charge < -0.3 is 20.6 Å². The van der Waals surface area contributed by atoms with Crippen molar-refractivity contribution >= 4 is 17.7 Å². The molecule has 1 aliphatic heterocycles. The van der Waals surface area contributed by atoms with Crippen molar-refractivity contribution in [1.29, 1.82) is 0 Å². The molecule has 1 saturated heterocycles. The van der Waals surface area contributed by atoms with Crippen LogP contribution in [0.15, 0.2) is 24.3 Å². The maximum atomic E-state index is 12.9. The summed E-state index contributed by atoms with van der Waals surface area (Å²) in [6, 6.07) is 5.26. The van der Waals surface area contributed by atoms with Gasteiger partial charge in [-0.3, -0.25) is 14.4 Å². The average molecular weight is 333 g/mol. The first-order valence-corrected chi connectivity index (χ1v) is 7.99. The fourth-order valence-corrected chi connectivity index (χ4v) is 2.98. The van der Waals surface area contributed by atoms with Crippen molar-refractivity contribution in [3.8, 4) is 5.75 Å². The Hall–Kier alpha value is -2.57. The number of hydrogen-bond donors (Lipinski definition) is 3. The molecule has 1 aromatic rings. The predicted octanol–water partition coefficient (Wildman–Crippen LogP) is 0.176. The number of nitrogens with zero attached hydrogens (tertiary/aromatic N) is 1. The van der Waals surface area contributed by atoms with E-state index in [2.05, 4.69) is 10.6 Å². The third-order valence-electron chi connectivity index (χ3n) is 4.14. The lowest BCUT2D eigenvalue weighted by atomic mass is 10.0. The van der Waals surface area contributed by atoms with E-state index < -0.39 is 12.1 Å². The summed E-state index contributed by atoms with van der Waals surface area (Å²) in [5, 5.41) is 14.6. The van der Waals surface area contributed by atoms with Gasteiger partial charge in [-0.05, 0) is 30.5 Å². The van der Waals surface area contributed by atoms with Crippen LogP contribution in [-0.4, -0.2) is 53.4 Å². The minimum Gasteiger partial charge on any atom is -0.508 e. The van der Waals surface area contributed by atoms with Gasteiger partial charge in [0.25, 0.3) is 0 Å². The van der Waals surface area contributed by atoms with Crippen LogP contribution in [0.4, 0.5) is 0 Å². The second kappa shape index (κ2) is 7.81. The molecule has 3 N–H and O–H groups in total. The number of aromatic hydroxyl groups is 1. The van der Waals surface area contributed by atoms with E-state index in [0.29, 0.717) is 19.4 Å². The molecule has 1 fully saturated rings. The van der Waals surface area contributed by atoms with Crippen LogP contribution in [0, 0.1) is 0 Å². The molecule has 0 aliphatic carbocycles. The molecule has 0 aromatic heterocycles. The quantitative estimate of drug-likeness (QED) is 0.716. The van der Waals surface area contributed by atoms with Crippen molar-refractivity contribution in [2.45, 2.75) is 38.3 Å². The number of likely N-dealkylation sites (N-methyl/N-ethyl adjacent to an activating group) is 1. The number of benzene rings is 1. The van der Waals surface area contributed by atoms with Crippen molar-refractivity contribution in [3.63, 3.8) is 0 Å². The predicted molar refractivity (Wildman–Crippen MR) is 88.2 cm³/mol. The van der Waals surface area contributed by atoms with Crippen molar-refractivity contribution in [3.05, 3.63) is 29.8 Å². The Morgan fingerprint density at radius 2 is 1.96 bits per heavy atom. The number of rotatable bonds is 5. The van der Waals surface area contributed by atoms with E-state index >= 15 is 0 Å². The standard InChI is InChI=1S/C17H23N3O4/c1-11(21)19-14(10-12-5-7-13(22)8-6-12)17(24)20-9-3-4-15(20)16(23)18-2/h5-8,14-15,22H,3-4,9-10H2,1-2H3,(H,18,23)(H,19,21)/t14-,15-/m0/s1. The SMILES string of the molecule is CNC(=O)[C@@H]1CCCN1C(=O)[C@H](Cc1ccc(O)cc1)NC(C)=O. The smallest absolute Gasteiger partial charge is 0.246 e. The number of amides is 3. The fourth-order valence-electron chi connectivity index (χ4n) is 2.98. The molecule has 7 nitrogen and oxygen atoms in total. The number of likely N-dealkylation sites (tertiary alicyclic amines) is 1. The Balaban J connectivity index is 2.16. The maximum absolute atomic E-state index is 12.9. The van der Waals surface area contributed by atoms with E-state index in [4.69, 9.17) is 0 Å². The molecule has 24 heavy (non-hydrogen) atoms. The van der Waals surface area contributed by atoms with Crippen LogP contribution < -0.4 is 10.6 Å². The summed E-state index contributed by atoms with van der Waals surface area (Å²) in [5.41, 5.74) is 0.815. The molecule has 1 aliphatic rings. The lowest BCUT2D eigenvalue weighted by molar-refractivity contribution is -0.141. The van der Waals surface area contributed by atoms with Gasteiger partial charge in [-0.1, -0.05) is 12.1 Å². The molecule has 0 saturated carbocycles. The van der Waals surface area contributed by atoms with E-state index in [9.17, 15) is 19.5 Å². The zero-order valence-corrected chi connectivity index (χ0v) is 13.9. The molecule has 2 rings (SSSR count). The summed E-state index contributed by atoms with van der Waals surface area (Å²) >= 11 is 0. The molecular formula is C17H23N3O4. The van der Waals surface area contributed by atoms with Gasteiger partial charge in [-0.25, -0.2) is 0 Å². The average Bonchev–Trinajstić information content (AvgIpc) is 3.04. The van der Waals surface area contributed by atoms with Gasteiger partial charge in [0.15, 0.2) is 0 Å². The van der Waals surface area contributed by atoms with E-state index in [1.54, 1.807) is 24.1 Å². The molecule has 3 amide bonds. The summed E-state index contributed by atoms with van der Waals surface area (Å²) in [5.74, 6) is -0.611. The number of phenols is 1. The molecule has 0 spiro atoms. The second-order valence-electron chi connectivity index (χ2n) is 5.93. The third kappa shape index (κ3) is 4.24. The van der Waals surface area contributed by atoms with E-state index in [1.165, 1.54) is 19.1 Å². The third-order valence-corrected chi connectivity index (χ3v) is 4.14. The molecular weight excluding hydrogens is 310 g/mol. The highest BCUT2D eigenvalue weighted by Gasteiger charge is 2.36. The topological polar surface area (TPSA) is 98.7 Å². The van der Waals surface area contributed by atoms with Crippen molar-refractivity contribution in [1.82, 2.24) is 15.5 Å². The van der Waals surface area contributed by atoms with Gasteiger partial charge in [0.1, 0.15) is 17.8 Å². The van der Waals surface area contributed by atoms with Gasteiger partial charge in [0, 0.05) is 26.9 Å². The van der Waals surface area contributed by atoms with Gasteiger partial charge in [0.2, 0.25) is 17.7 Å². The van der Waals surface area contributed by atoms with Crippen LogP contribution in [0.2, 0.25) is 0 Å². The van der Waals surface area contributed by atoms with Gasteiger partial charge >= 0.3 is 0 Å². The van der Waals surface area contributed by atoms with Crippen LogP contribution in [0.5, 0.6) is 5.75 Å². The van der Waals surface area contributed by atoms with E-state index in [1.807, 2.05) is 0 Å². The lowest BCUT2D eigenvalue weighted by Gasteiger charge is -2.28. The summed E-state index contributed by atoms with van der Waals surface area (Å²) in [4.78, 5) is 37.8. The Morgan fingerprint density at radius 3 is 2.54 bits per heavy atom. The van der Waals surface area contributed by atoms with Crippen molar-refractivity contribution in [2.24, 2.45) is 0 Å². The van der Waals surface area contributed by atoms with E-state index in [-0.39, 0.29) is 23.5 Å². The zero-order valence-electron chi connectivity index (χ0n) is 13.9. The Bertz CT molecular complexity index is 615. The Labute approximate surface area is 141 Å². The normalized spacial score (nSPS) is 18.1. The number of carbonyl (C=O) groups excluding carboxylic acids is 3. The van der Waals surface area contributed by atoms with Crippen LogP contribution in [0.3, 0.4) is 0 Å². The maximum Gasteiger partial charge on any atom is 0.246 e. The molecule has 0 unspecified atom stereocenters. The molecule has 7 heteroatoms. The summed E-state index contributed by atoms with van der Waals surface area (Å²) in [7, 11) is 1.55. The minimum absolute atomic E-state index is 0.139. The molecule has 2 atom stereocenters. The molecule has 130 valence electrons. The Kier molecular flexibility index (Phi) is 5.78. The highest BCUT2D eigenvalue weighted by atomic mass is 16.3. The fraction of sp³-hybridized carbons (Fsp3) is 0.471. The Morgan fingerprint density at radius 1 is 1.29 bits per heavy atom. The van der Waals surface area contributed by atoms with Gasteiger partial charge in [0.05, 0.1) is 0 Å². The molecule has 1 aromatic carbocycles. The highest BCUT2D eigenvalue weighted by molar-refractivity contribution is 5.92. The zero-order chi connectivity index (χ0) is 17.7. The summed E-state index contributed by atoms with van der Waals surface area (Å²) < 4.78 is 0. The monoisotopic (exact) mass is 333 g/mol. The summed E-state index contributed by atoms with van der Waals surface area (Å²) in [6.45, 7) is 1.86. The second-order valence-corrected chi connectivity index (χ2v) is 5.93. The van der Waals surface area contributed by atoms with Crippen molar-refractivity contribution in [2.75, 3.05) is 13.6 Å². The first-order chi connectivity index (χ1) is 11.4. The number of phenolic OH excluding ortho intramolecular Hbond substituents is 1. The summed E-state index contributed by atoms with van der Waals surface area (Å²) in [6.07, 6.45) is 1.68. The van der Waals surface area contributed by atoms with Crippen LogP contribution in [0.25, 0.3) is 0 Å². The molecule has 1 heterocycles. The highest BCUT2D eigenvalue weighted by Crippen LogP contribution is 2.20. The molecule has 0 radical (unpaired) electrons. The number of hydrogen-bond acceptors (Lipinski definition) is 4.